The Morgan fingerprint density at radius 1 is 1.22 bits per heavy atom. The third-order valence-electron chi connectivity index (χ3n) is 5.77. The topological polar surface area (TPSA) is 88.5 Å². The molecular weight excluding hydrogens is 439 g/mol. The molecule has 0 unspecified atom stereocenters. The smallest absolute Gasteiger partial charge is 0.417 e. The number of ether oxygens (including phenoxy) is 1. The maximum Gasteiger partial charge on any atom is 0.417 e. The highest BCUT2D eigenvalue weighted by Gasteiger charge is 2.65. The van der Waals surface area contributed by atoms with Crippen molar-refractivity contribution in [3.63, 3.8) is 0 Å². The monoisotopic (exact) mass is 458 g/mol. The zero-order chi connectivity index (χ0) is 24.0. The van der Waals surface area contributed by atoms with Crippen molar-refractivity contribution in [1.82, 2.24) is 4.98 Å². The first-order valence-electron chi connectivity index (χ1n) is 9.47. The van der Waals surface area contributed by atoms with Crippen LogP contribution in [-0.2, 0) is 9.53 Å². The fourth-order valence-electron chi connectivity index (χ4n) is 3.76. The van der Waals surface area contributed by atoms with Crippen molar-refractivity contribution in [2.45, 2.75) is 44.6 Å². The Kier molecular flexibility index (Phi) is 5.98. The number of nitrogens with one attached hydrogen (secondary N) is 1. The molecule has 32 heavy (non-hydrogen) atoms. The fourth-order valence-corrected chi connectivity index (χ4v) is 3.76. The molecule has 1 aliphatic rings. The van der Waals surface area contributed by atoms with Gasteiger partial charge < -0.3 is 15.2 Å². The number of hydrogen-bond acceptors (Lipinski definition) is 5. The highest BCUT2D eigenvalue weighted by atomic mass is 19.4. The molecule has 1 saturated heterocycles. The van der Waals surface area contributed by atoms with E-state index in [0.717, 1.165) is 19.9 Å². The minimum atomic E-state index is -4.91. The number of hydrogen-bond donors (Lipinski definition) is 2. The number of benzene rings is 1. The standard InChI is InChI=1S/C21H19F5N2O4/c1-9-15(12-4-5-13(22)16(23)17(12)30)18(32-20(9,3)21(24,25)26)19(31)28-11-6-7-27-14(8-11)10(2)29/h4-9,15,18,30H,1-3H3,(H,27,28,31)/t9-,15+,18-,20+/m0/s1. The van der Waals surface area contributed by atoms with Crippen LogP contribution in [0.15, 0.2) is 30.5 Å². The predicted octanol–water partition coefficient (Wildman–Crippen LogP) is 4.35. The number of halogens is 5. The summed E-state index contributed by atoms with van der Waals surface area (Å²) in [7, 11) is 0. The molecule has 0 bridgehead atoms. The summed E-state index contributed by atoms with van der Waals surface area (Å²) in [6.07, 6.45) is -5.50. The van der Waals surface area contributed by atoms with Gasteiger partial charge in [0.15, 0.2) is 23.0 Å². The van der Waals surface area contributed by atoms with E-state index in [9.17, 15) is 36.6 Å². The third-order valence-corrected chi connectivity index (χ3v) is 5.77. The van der Waals surface area contributed by atoms with E-state index in [1.54, 1.807) is 0 Å². The van der Waals surface area contributed by atoms with E-state index in [0.29, 0.717) is 6.07 Å². The molecule has 1 aromatic carbocycles. The lowest BCUT2D eigenvalue weighted by atomic mass is 9.77. The second-order valence-corrected chi connectivity index (χ2v) is 7.73. The lowest BCUT2D eigenvalue weighted by molar-refractivity contribution is -0.272. The number of aromatic hydroxyl groups is 1. The van der Waals surface area contributed by atoms with Crippen LogP contribution in [0.1, 0.15) is 42.7 Å². The highest BCUT2D eigenvalue weighted by Crippen LogP contribution is 2.54. The summed E-state index contributed by atoms with van der Waals surface area (Å²) in [5.74, 6) is -8.59. The van der Waals surface area contributed by atoms with E-state index in [2.05, 4.69) is 10.3 Å². The number of pyridine rings is 1. The van der Waals surface area contributed by atoms with Crippen LogP contribution in [0.25, 0.3) is 0 Å². The fraction of sp³-hybridized carbons (Fsp3) is 0.381. The number of rotatable bonds is 4. The van der Waals surface area contributed by atoms with E-state index in [-0.39, 0.29) is 11.4 Å². The number of Topliss-reactive ketones (excluding diaryl/α,β-unsaturated/α-hetero) is 1. The molecule has 1 amide bonds. The van der Waals surface area contributed by atoms with Crippen molar-refractivity contribution in [2.24, 2.45) is 5.92 Å². The van der Waals surface area contributed by atoms with E-state index < -0.39 is 64.4 Å². The van der Waals surface area contributed by atoms with Crippen LogP contribution in [0.3, 0.4) is 0 Å². The first kappa shape index (κ1) is 23.6. The first-order chi connectivity index (χ1) is 14.8. The molecule has 0 aliphatic carbocycles. The molecule has 0 radical (unpaired) electrons. The van der Waals surface area contributed by atoms with Gasteiger partial charge in [0.05, 0.1) is 0 Å². The number of nitrogens with zero attached hydrogens (tertiary/aromatic N) is 1. The molecule has 172 valence electrons. The lowest BCUT2D eigenvalue weighted by Gasteiger charge is -2.31. The van der Waals surface area contributed by atoms with Gasteiger partial charge in [-0.05, 0) is 25.1 Å². The minimum Gasteiger partial charge on any atom is -0.505 e. The Balaban J connectivity index is 2.05. The molecular formula is C21H19F5N2O4. The Morgan fingerprint density at radius 2 is 1.88 bits per heavy atom. The molecule has 4 atom stereocenters. The number of ketones is 1. The summed E-state index contributed by atoms with van der Waals surface area (Å²) in [6.45, 7) is 3.13. The van der Waals surface area contributed by atoms with E-state index in [1.165, 1.54) is 25.3 Å². The maximum atomic E-state index is 14.0. The Morgan fingerprint density at radius 3 is 2.47 bits per heavy atom. The summed E-state index contributed by atoms with van der Waals surface area (Å²) in [5, 5.41) is 12.4. The predicted molar refractivity (Wildman–Crippen MR) is 102 cm³/mol. The van der Waals surface area contributed by atoms with Gasteiger partial charge in [0, 0.05) is 36.2 Å². The van der Waals surface area contributed by atoms with Crippen LogP contribution >= 0.6 is 0 Å². The van der Waals surface area contributed by atoms with Crippen LogP contribution in [0.4, 0.5) is 27.6 Å². The molecule has 2 N–H and O–H groups in total. The SMILES string of the molecule is CC(=O)c1cc(NC(=O)[C@H]2O[C@@](C)(C(F)(F)F)[C@@H](C)[C@@H]2c2ccc(F)c(F)c2O)ccn1. The van der Waals surface area contributed by atoms with Crippen molar-refractivity contribution in [3.05, 3.63) is 53.4 Å². The minimum absolute atomic E-state index is 0.0124. The Hall–Kier alpha value is -3.08. The van der Waals surface area contributed by atoms with Gasteiger partial charge in [-0.25, -0.2) is 4.39 Å². The van der Waals surface area contributed by atoms with Gasteiger partial charge >= 0.3 is 6.18 Å². The van der Waals surface area contributed by atoms with Gasteiger partial charge in [-0.3, -0.25) is 14.6 Å². The number of amides is 1. The Labute approximate surface area is 179 Å². The lowest BCUT2D eigenvalue weighted by Crippen LogP contribution is -2.47. The molecule has 2 heterocycles. The largest absolute Gasteiger partial charge is 0.505 e. The van der Waals surface area contributed by atoms with Crippen LogP contribution in [0.2, 0.25) is 0 Å². The Bertz CT molecular complexity index is 1070. The van der Waals surface area contributed by atoms with Gasteiger partial charge in [0.2, 0.25) is 5.82 Å². The van der Waals surface area contributed by atoms with Crippen LogP contribution in [0, 0.1) is 17.6 Å². The molecule has 0 spiro atoms. The number of alkyl halides is 3. The number of anilines is 1. The van der Waals surface area contributed by atoms with E-state index in [4.69, 9.17) is 4.74 Å². The molecule has 0 saturated carbocycles. The van der Waals surface area contributed by atoms with Crippen molar-refractivity contribution < 1.29 is 41.4 Å². The van der Waals surface area contributed by atoms with Gasteiger partial charge in [0.1, 0.15) is 11.8 Å². The molecule has 1 aromatic heterocycles. The van der Waals surface area contributed by atoms with Crippen molar-refractivity contribution in [2.75, 3.05) is 5.32 Å². The number of phenols is 1. The van der Waals surface area contributed by atoms with Gasteiger partial charge in [0.25, 0.3) is 5.91 Å². The number of carbonyl (C=O) groups is 2. The second kappa shape index (κ2) is 8.12. The zero-order valence-corrected chi connectivity index (χ0v) is 17.1. The molecule has 2 aromatic rings. The summed E-state index contributed by atoms with van der Waals surface area (Å²) < 4.78 is 74.1. The summed E-state index contributed by atoms with van der Waals surface area (Å²) in [6, 6.07) is 4.11. The molecule has 1 aliphatic heterocycles. The summed E-state index contributed by atoms with van der Waals surface area (Å²) >= 11 is 0. The summed E-state index contributed by atoms with van der Waals surface area (Å²) in [4.78, 5) is 28.3. The highest BCUT2D eigenvalue weighted by molar-refractivity contribution is 5.97. The maximum absolute atomic E-state index is 14.0. The van der Waals surface area contributed by atoms with Crippen LogP contribution in [-0.4, -0.2) is 39.7 Å². The third kappa shape index (κ3) is 3.92. The van der Waals surface area contributed by atoms with Crippen molar-refractivity contribution in [1.29, 1.82) is 0 Å². The normalized spacial score (nSPS) is 25.6. The molecule has 11 heteroatoms. The number of aromatic nitrogens is 1. The zero-order valence-electron chi connectivity index (χ0n) is 17.1. The average molecular weight is 458 g/mol. The van der Waals surface area contributed by atoms with Crippen molar-refractivity contribution in [3.8, 4) is 5.75 Å². The van der Waals surface area contributed by atoms with Crippen LogP contribution < -0.4 is 5.32 Å². The average Bonchev–Trinajstić information content (AvgIpc) is 2.99. The summed E-state index contributed by atoms with van der Waals surface area (Å²) in [5.41, 5.74) is -3.14. The van der Waals surface area contributed by atoms with Crippen LogP contribution in [0.5, 0.6) is 5.75 Å². The number of phenolic OH excluding ortho intramolecular Hbond substituents is 1. The quantitative estimate of drug-likeness (QED) is 0.526. The molecule has 6 nitrogen and oxygen atoms in total. The number of carbonyl (C=O) groups excluding carboxylic acids is 2. The second-order valence-electron chi connectivity index (χ2n) is 7.73. The van der Waals surface area contributed by atoms with E-state index in [1.807, 2.05) is 0 Å². The van der Waals surface area contributed by atoms with Gasteiger partial charge in [-0.2, -0.15) is 17.6 Å². The van der Waals surface area contributed by atoms with Crippen molar-refractivity contribution >= 4 is 17.4 Å². The van der Waals surface area contributed by atoms with Gasteiger partial charge in [-0.15, -0.1) is 0 Å². The van der Waals surface area contributed by atoms with E-state index >= 15 is 0 Å². The molecule has 1 fully saturated rings. The first-order valence-corrected chi connectivity index (χ1v) is 9.47. The molecule has 3 rings (SSSR count). The van der Waals surface area contributed by atoms with Gasteiger partial charge in [-0.1, -0.05) is 13.0 Å².